The van der Waals surface area contributed by atoms with E-state index in [4.69, 9.17) is 0 Å². The van der Waals surface area contributed by atoms with Gasteiger partial charge in [0, 0.05) is 6.42 Å². The smallest absolute Gasteiger partial charge is 0.155 e. The lowest BCUT2D eigenvalue weighted by atomic mass is 9.46. The van der Waals surface area contributed by atoms with Crippen molar-refractivity contribution in [3.05, 3.63) is 23.8 Å². The Balaban J connectivity index is 1.55. The number of rotatable bonds is 5. The second kappa shape index (κ2) is 8.47. The van der Waals surface area contributed by atoms with Crippen molar-refractivity contribution in [2.45, 2.75) is 99.0 Å². The van der Waals surface area contributed by atoms with Crippen molar-refractivity contribution in [1.29, 1.82) is 0 Å². The molecule has 4 aliphatic carbocycles. The summed E-state index contributed by atoms with van der Waals surface area (Å²) in [6.45, 7) is 14.4. The molecule has 0 radical (unpaired) electrons. The zero-order valence-electron chi connectivity index (χ0n) is 20.9. The molecule has 0 aromatic carbocycles. The summed E-state index contributed by atoms with van der Waals surface area (Å²) in [4.78, 5) is 12.1. The molecule has 0 heterocycles. The maximum Gasteiger partial charge on any atom is 0.155 e. The predicted octanol–water partition coefficient (Wildman–Crippen LogP) is 6.98. The minimum absolute atomic E-state index is 0.0345. The maximum atomic E-state index is 12.1. The molecular formula is C29H46O2. The largest absolute Gasteiger partial charge is 0.389 e. The van der Waals surface area contributed by atoms with Crippen LogP contribution < -0.4 is 0 Å². The molecule has 1 N–H and O–H groups in total. The van der Waals surface area contributed by atoms with E-state index in [1.165, 1.54) is 32.1 Å². The summed E-state index contributed by atoms with van der Waals surface area (Å²) in [6, 6.07) is 0. The van der Waals surface area contributed by atoms with Crippen molar-refractivity contribution >= 4 is 5.78 Å². The van der Waals surface area contributed by atoms with E-state index in [0.29, 0.717) is 41.4 Å². The molecule has 4 aliphatic rings. The number of ketones is 1. The Kier molecular flexibility index (Phi) is 6.36. The van der Waals surface area contributed by atoms with Gasteiger partial charge in [-0.2, -0.15) is 0 Å². The highest BCUT2D eigenvalue weighted by Crippen LogP contribution is 2.67. The van der Waals surface area contributed by atoms with E-state index in [9.17, 15) is 9.90 Å². The van der Waals surface area contributed by atoms with Crippen LogP contribution in [-0.4, -0.2) is 17.0 Å². The van der Waals surface area contributed by atoms with Crippen LogP contribution in [0.2, 0.25) is 0 Å². The SMILES string of the molecule is CC[C@H](/C=C/[C@@H](C)[C@H]1CC[C@H]2[C@@H]3C[C@H](O)C4=CC(=O)CC[C@]4(C)[C@H]3CC[C@]12C)C(C)C. The van der Waals surface area contributed by atoms with E-state index in [1.54, 1.807) is 0 Å². The molecule has 0 amide bonds. The summed E-state index contributed by atoms with van der Waals surface area (Å²) in [5.74, 6) is 5.00. The normalized spacial score (nSPS) is 44.6. The van der Waals surface area contributed by atoms with Gasteiger partial charge in [0.2, 0.25) is 0 Å². The summed E-state index contributed by atoms with van der Waals surface area (Å²) < 4.78 is 0. The zero-order chi connectivity index (χ0) is 22.6. The number of carbonyl (C=O) groups excluding carboxylic acids is 1. The maximum absolute atomic E-state index is 12.1. The fourth-order valence-corrected chi connectivity index (χ4v) is 8.79. The Morgan fingerprint density at radius 2 is 1.84 bits per heavy atom. The van der Waals surface area contributed by atoms with Gasteiger partial charge in [0.05, 0.1) is 6.10 Å². The molecule has 174 valence electrons. The number of carbonyl (C=O) groups is 1. The molecule has 0 unspecified atom stereocenters. The molecule has 3 saturated carbocycles. The number of allylic oxidation sites excluding steroid dienone is 2. The van der Waals surface area contributed by atoms with E-state index in [-0.39, 0.29) is 11.2 Å². The molecule has 31 heavy (non-hydrogen) atoms. The van der Waals surface area contributed by atoms with E-state index in [1.807, 2.05) is 6.08 Å². The van der Waals surface area contributed by atoms with Crippen LogP contribution in [0.25, 0.3) is 0 Å². The Hall–Kier alpha value is -0.890. The molecule has 9 atom stereocenters. The average Bonchev–Trinajstić information content (AvgIpc) is 3.07. The number of aliphatic hydroxyl groups excluding tert-OH is 1. The second-order valence-corrected chi connectivity index (χ2v) is 12.4. The van der Waals surface area contributed by atoms with E-state index >= 15 is 0 Å². The fourth-order valence-electron chi connectivity index (χ4n) is 8.79. The number of hydrogen-bond donors (Lipinski definition) is 1. The van der Waals surface area contributed by atoms with Gasteiger partial charge >= 0.3 is 0 Å². The van der Waals surface area contributed by atoms with Crippen molar-refractivity contribution in [2.24, 2.45) is 52.3 Å². The summed E-state index contributed by atoms with van der Waals surface area (Å²) in [6.07, 6.45) is 15.4. The highest BCUT2D eigenvalue weighted by atomic mass is 16.3. The molecule has 3 fully saturated rings. The highest BCUT2D eigenvalue weighted by molar-refractivity contribution is 5.91. The Morgan fingerprint density at radius 1 is 1.10 bits per heavy atom. The van der Waals surface area contributed by atoms with Gasteiger partial charge in [0.15, 0.2) is 5.78 Å². The van der Waals surface area contributed by atoms with Crippen molar-refractivity contribution in [1.82, 2.24) is 0 Å². The Labute approximate surface area is 191 Å². The van der Waals surface area contributed by atoms with Crippen molar-refractivity contribution in [2.75, 3.05) is 0 Å². The topological polar surface area (TPSA) is 37.3 Å². The minimum atomic E-state index is -0.412. The van der Waals surface area contributed by atoms with Crippen LogP contribution in [0, 0.1) is 52.3 Å². The van der Waals surface area contributed by atoms with E-state index in [2.05, 4.69) is 53.7 Å². The first-order chi connectivity index (χ1) is 14.6. The van der Waals surface area contributed by atoms with Gasteiger partial charge in [-0.25, -0.2) is 0 Å². The molecule has 0 aromatic heterocycles. The van der Waals surface area contributed by atoms with Crippen molar-refractivity contribution in [3.8, 4) is 0 Å². The molecule has 2 heteroatoms. The molecule has 0 aliphatic heterocycles. The van der Waals surface area contributed by atoms with Gasteiger partial charge in [0.25, 0.3) is 0 Å². The fraction of sp³-hybridized carbons (Fsp3) is 0.828. The summed E-state index contributed by atoms with van der Waals surface area (Å²) in [5.41, 5.74) is 1.50. The second-order valence-electron chi connectivity index (χ2n) is 12.4. The predicted molar refractivity (Wildman–Crippen MR) is 129 cm³/mol. The zero-order valence-corrected chi connectivity index (χ0v) is 20.9. The molecule has 4 rings (SSSR count). The van der Waals surface area contributed by atoms with Gasteiger partial charge in [-0.1, -0.05) is 53.7 Å². The van der Waals surface area contributed by atoms with Crippen LogP contribution in [0.15, 0.2) is 23.8 Å². The lowest BCUT2D eigenvalue weighted by Gasteiger charge is -2.59. The average molecular weight is 427 g/mol. The molecule has 0 bridgehead atoms. The van der Waals surface area contributed by atoms with Gasteiger partial charge in [0.1, 0.15) is 0 Å². The number of fused-ring (bicyclic) bond motifs is 5. The van der Waals surface area contributed by atoms with Crippen molar-refractivity contribution < 1.29 is 9.90 Å². The molecule has 0 spiro atoms. The van der Waals surface area contributed by atoms with Crippen LogP contribution >= 0.6 is 0 Å². The van der Waals surface area contributed by atoms with Crippen LogP contribution in [0.5, 0.6) is 0 Å². The molecule has 0 saturated heterocycles. The van der Waals surface area contributed by atoms with Gasteiger partial charge in [-0.3, -0.25) is 4.79 Å². The third kappa shape index (κ3) is 3.79. The summed E-state index contributed by atoms with van der Waals surface area (Å²) >= 11 is 0. The highest BCUT2D eigenvalue weighted by Gasteiger charge is 2.60. The summed E-state index contributed by atoms with van der Waals surface area (Å²) in [7, 11) is 0. The first-order valence-corrected chi connectivity index (χ1v) is 13.2. The van der Waals surface area contributed by atoms with E-state index < -0.39 is 6.10 Å². The van der Waals surface area contributed by atoms with E-state index in [0.717, 1.165) is 30.3 Å². The number of hydrogen-bond acceptors (Lipinski definition) is 2. The number of aliphatic hydroxyl groups is 1. The van der Waals surface area contributed by atoms with Crippen LogP contribution in [0.3, 0.4) is 0 Å². The molecule has 2 nitrogen and oxygen atoms in total. The molecule has 0 aromatic rings. The van der Waals surface area contributed by atoms with Crippen LogP contribution in [-0.2, 0) is 4.79 Å². The first-order valence-electron chi connectivity index (χ1n) is 13.2. The monoisotopic (exact) mass is 426 g/mol. The summed E-state index contributed by atoms with van der Waals surface area (Å²) in [5, 5.41) is 11.1. The standard InChI is InChI=1S/C29H46O2/c1-7-20(18(2)3)9-8-19(4)23-10-11-24-22-17-27(31)26-16-21(30)12-14-29(26,6)25(22)13-15-28(23,24)5/h8-9,16,18-20,22-25,27,31H,7,10-15,17H2,1-6H3/b9-8+/t19-,20-,22+,23-,24+,25+,27+,28-,29-/m1/s1. The Bertz CT molecular complexity index is 748. The quantitative estimate of drug-likeness (QED) is 0.481. The van der Waals surface area contributed by atoms with Gasteiger partial charge < -0.3 is 5.11 Å². The van der Waals surface area contributed by atoms with Gasteiger partial charge in [-0.05, 0) is 109 Å². The van der Waals surface area contributed by atoms with Crippen molar-refractivity contribution in [3.63, 3.8) is 0 Å². The Morgan fingerprint density at radius 3 is 2.52 bits per heavy atom. The minimum Gasteiger partial charge on any atom is -0.389 e. The van der Waals surface area contributed by atoms with Crippen LogP contribution in [0.4, 0.5) is 0 Å². The lowest BCUT2D eigenvalue weighted by Crippen LogP contribution is -2.54. The third-order valence-corrected chi connectivity index (χ3v) is 10.7. The first kappa shape index (κ1) is 23.3. The lowest BCUT2D eigenvalue weighted by molar-refractivity contribution is -0.119. The van der Waals surface area contributed by atoms with Crippen LogP contribution in [0.1, 0.15) is 92.9 Å². The third-order valence-electron chi connectivity index (χ3n) is 10.7. The van der Waals surface area contributed by atoms with Gasteiger partial charge in [-0.15, -0.1) is 0 Å². The molecular weight excluding hydrogens is 380 g/mol.